The minimum atomic E-state index is -0.247. The molecular formula is C17H22O4. The molecule has 2 rings (SSSR count). The van der Waals surface area contributed by atoms with Crippen LogP contribution < -0.4 is 0 Å². The fourth-order valence-corrected chi connectivity index (χ4v) is 1.91. The lowest BCUT2D eigenvalue weighted by atomic mass is 10.0. The van der Waals surface area contributed by atoms with Crippen molar-refractivity contribution in [2.45, 2.75) is 34.0 Å². The first-order chi connectivity index (χ1) is 9.90. The highest BCUT2D eigenvalue weighted by Crippen LogP contribution is 2.24. The number of benzene rings is 2. The van der Waals surface area contributed by atoms with E-state index in [2.05, 4.69) is 0 Å². The molecule has 21 heavy (non-hydrogen) atoms. The first kappa shape index (κ1) is 17.0. The number of hydrogen-bond donors (Lipinski definition) is 4. The van der Waals surface area contributed by atoms with Crippen molar-refractivity contribution in [1.82, 2.24) is 0 Å². The average molecular weight is 290 g/mol. The predicted molar refractivity (Wildman–Crippen MR) is 82.3 cm³/mol. The maximum Gasteiger partial charge on any atom is 0.121 e. The molecule has 4 nitrogen and oxygen atoms in total. The Hall–Kier alpha value is -2.04. The molecule has 0 fully saturated rings. The van der Waals surface area contributed by atoms with E-state index in [0.717, 1.165) is 16.7 Å². The maximum absolute atomic E-state index is 9.28. The van der Waals surface area contributed by atoms with Crippen LogP contribution in [0, 0.1) is 20.8 Å². The van der Waals surface area contributed by atoms with Crippen LogP contribution in [0.5, 0.6) is 11.5 Å². The van der Waals surface area contributed by atoms with Crippen LogP contribution in [0.2, 0.25) is 0 Å². The largest absolute Gasteiger partial charge is 0.508 e. The molecule has 0 saturated heterocycles. The van der Waals surface area contributed by atoms with Crippen molar-refractivity contribution in [3.05, 3.63) is 58.1 Å². The molecule has 4 N–H and O–H groups in total. The lowest BCUT2D eigenvalue weighted by Crippen LogP contribution is -1.97. The van der Waals surface area contributed by atoms with Crippen LogP contribution in [0.15, 0.2) is 30.3 Å². The van der Waals surface area contributed by atoms with Crippen molar-refractivity contribution in [3.63, 3.8) is 0 Å². The molecule has 0 unspecified atom stereocenters. The van der Waals surface area contributed by atoms with Gasteiger partial charge in [0.2, 0.25) is 0 Å². The number of hydrogen-bond acceptors (Lipinski definition) is 4. The van der Waals surface area contributed by atoms with Crippen LogP contribution in [-0.2, 0) is 13.2 Å². The number of phenols is 2. The second-order valence-electron chi connectivity index (χ2n) is 4.96. The Kier molecular flexibility index (Phi) is 6.21. The zero-order chi connectivity index (χ0) is 16.0. The van der Waals surface area contributed by atoms with E-state index in [1.807, 2.05) is 32.9 Å². The molecule has 0 aliphatic rings. The van der Waals surface area contributed by atoms with Gasteiger partial charge in [-0.1, -0.05) is 18.2 Å². The van der Waals surface area contributed by atoms with Gasteiger partial charge in [0.25, 0.3) is 0 Å². The van der Waals surface area contributed by atoms with E-state index in [9.17, 15) is 5.11 Å². The van der Waals surface area contributed by atoms with E-state index in [1.54, 1.807) is 12.1 Å². The van der Waals surface area contributed by atoms with Gasteiger partial charge >= 0.3 is 0 Å². The Morgan fingerprint density at radius 3 is 1.71 bits per heavy atom. The fourth-order valence-electron chi connectivity index (χ4n) is 1.91. The molecule has 0 saturated carbocycles. The van der Waals surface area contributed by atoms with Crippen LogP contribution in [0.1, 0.15) is 27.8 Å². The van der Waals surface area contributed by atoms with Crippen molar-refractivity contribution >= 4 is 0 Å². The molecule has 0 bridgehead atoms. The molecule has 0 aliphatic carbocycles. The van der Waals surface area contributed by atoms with Crippen molar-refractivity contribution in [2.24, 2.45) is 0 Å². The molecule has 0 spiro atoms. The number of aliphatic hydroxyl groups is 2. The van der Waals surface area contributed by atoms with Crippen molar-refractivity contribution in [1.29, 1.82) is 0 Å². The molecule has 0 heterocycles. The van der Waals surface area contributed by atoms with Gasteiger partial charge in [0.15, 0.2) is 0 Å². The van der Waals surface area contributed by atoms with Crippen molar-refractivity contribution in [2.75, 3.05) is 0 Å². The quantitative estimate of drug-likeness (QED) is 0.685. The third-order valence-corrected chi connectivity index (χ3v) is 3.32. The molecular weight excluding hydrogens is 268 g/mol. The van der Waals surface area contributed by atoms with E-state index in [0.29, 0.717) is 16.9 Å². The van der Waals surface area contributed by atoms with Gasteiger partial charge in [0.1, 0.15) is 11.5 Å². The highest BCUT2D eigenvalue weighted by molar-refractivity contribution is 5.43. The van der Waals surface area contributed by atoms with E-state index in [4.69, 9.17) is 15.3 Å². The minimum Gasteiger partial charge on any atom is -0.508 e. The van der Waals surface area contributed by atoms with Gasteiger partial charge in [-0.15, -0.1) is 0 Å². The van der Waals surface area contributed by atoms with E-state index < -0.39 is 0 Å². The molecule has 2 aromatic carbocycles. The second kappa shape index (κ2) is 7.67. The normalized spacial score (nSPS) is 9.95. The Bertz CT molecular complexity index is 577. The predicted octanol–water partition coefficient (Wildman–Crippen LogP) is 2.69. The third kappa shape index (κ3) is 4.48. The topological polar surface area (TPSA) is 80.9 Å². The summed E-state index contributed by atoms with van der Waals surface area (Å²) in [4.78, 5) is 0. The smallest absolute Gasteiger partial charge is 0.121 e. The minimum absolute atomic E-state index is 0.0344. The molecule has 2 aromatic rings. The standard InChI is InChI=1S/C9H12O3.C8H10O/c1-6-2-3-9(12)8(5-11)7(6)4-10;1-6-3-4-7(2)8(9)5-6/h2-3,10-12H,4-5H2,1H3;3-5,9H,1-2H3. The van der Waals surface area contributed by atoms with Gasteiger partial charge in [-0.2, -0.15) is 0 Å². The van der Waals surface area contributed by atoms with Crippen molar-refractivity contribution in [3.8, 4) is 11.5 Å². The second-order valence-corrected chi connectivity index (χ2v) is 4.96. The molecule has 4 heteroatoms. The van der Waals surface area contributed by atoms with Gasteiger partial charge in [0.05, 0.1) is 13.2 Å². The van der Waals surface area contributed by atoms with Gasteiger partial charge in [0, 0.05) is 5.56 Å². The molecule has 0 atom stereocenters. The maximum atomic E-state index is 9.28. The van der Waals surface area contributed by atoms with Crippen LogP contribution in [-0.4, -0.2) is 20.4 Å². The van der Waals surface area contributed by atoms with Crippen LogP contribution in [0.25, 0.3) is 0 Å². The Labute approximate surface area is 124 Å². The molecule has 114 valence electrons. The molecule has 0 radical (unpaired) electrons. The summed E-state index contributed by atoms with van der Waals surface area (Å²) >= 11 is 0. The number of aromatic hydroxyl groups is 2. The summed E-state index contributed by atoms with van der Waals surface area (Å²) in [5.74, 6) is 0.419. The summed E-state index contributed by atoms with van der Waals surface area (Å²) in [6.45, 7) is 5.26. The third-order valence-electron chi connectivity index (χ3n) is 3.32. The molecule has 0 amide bonds. The van der Waals surface area contributed by atoms with E-state index in [-0.39, 0.29) is 19.0 Å². The molecule has 0 aromatic heterocycles. The van der Waals surface area contributed by atoms with Gasteiger partial charge in [-0.3, -0.25) is 0 Å². The van der Waals surface area contributed by atoms with Gasteiger partial charge in [-0.25, -0.2) is 0 Å². The Morgan fingerprint density at radius 1 is 0.714 bits per heavy atom. The zero-order valence-electron chi connectivity index (χ0n) is 12.6. The summed E-state index contributed by atoms with van der Waals surface area (Å²) in [6, 6.07) is 8.87. The molecule has 0 aliphatic heterocycles. The summed E-state index contributed by atoms with van der Waals surface area (Å²) in [7, 11) is 0. The number of aliphatic hydroxyl groups excluding tert-OH is 2. The fraction of sp³-hybridized carbons (Fsp3) is 0.294. The van der Waals surface area contributed by atoms with Crippen LogP contribution in [0.4, 0.5) is 0 Å². The van der Waals surface area contributed by atoms with Gasteiger partial charge in [-0.05, 0) is 55.2 Å². The Morgan fingerprint density at radius 2 is 1.29 bits per heavy atom. The highest BCUT2D eigenvalue weighted by Gasteiger charge is 2.08. The lowest BCUT2D eigenvalue weighted by Gasteiger charge is -2.09. The Balaban J connectivity index is 0.000000219. The first-order valence-corrected chi connectivity index (χ1v) is 6.69. The van der Waals surface area contributed by atoms with Crippen LogP contribution >= 0.6 is 0 Å². The monoisotopic (exact) mass is 290 g/mol. The van der Waals surface area contributed by atoms with E-state index in [1.165, 1.54) is 6.07 Å². The van der Waals surface area contributed by atoms with Crippen molar-refractivity contribution < 1.29 is 20.4 Å². The summed E-state index contributed by atoms with van der Waals surface area (Å²) in [5.41, 5.74) is 3.92. The zero-order valence-corrected chi connectivity index (χ0v) is 12.6. The number of phenolic OH excluding ortho intramolecular Hbond substituents is 1. The number of aryl methyl sites for hydroxylation is 3. The summed E-state index contributed by atoms with van der Waals surface area (Å²) < 4.78 is 0. The van der Waals surface area contributed by atoms with Gasteiger partial charge < -0.3 is 20.4 Å². The SMILES string of the molecule is Cc1ccc(C)c(O)c1.Cc1ccc(O)c(CO)c1CO. The lowest BCUT2D eigenvalue weighted by molar-refractivity contribution is 0.254. The average Bonchev–Trinajstić information content (AvgIpc) is 2.46. The number of rotatable bonds is 2. The first-order valence-electron chi connectivity index (χ1n) is 6.69. The summed E-state index contributed by atoms with van der Waals surface area (Å²) in [5, 5.41) is 36.2. The highest BCUT2D eigenvalue weighted by atomic mass is 16.3. The summed E-state index contributed by atoms with van der Waals surface area (Å²) in [6.07, 6.45) is 0. The van der Waals surface area contributed by atoms with E-state index >= 15 is 0 Å². The van der Waals surface area contributed by atoms with Crippen LogP contribution in [0.3, 0.4) is 0 Å².